The molecule has 188 valence electrons. The number of nitrogens with one attached hydrogen (secondary N) is 2. The van der Waals surface area contributed by atoms with Gasteiger partial charge in [0.05, 0.1) is 11.1 Å². The maximum atomic E-state index is 11.9. The molecule has 0 atom stereocenters. The Morgan fingerprint density at radius 2 is 1.83 bits per heavy atom. The maximum Gasteiger partial charge on any atom is 0.225 e. The van der Waals surface area contributed by atoms with Gasteiger partial charge in [-0.25, -0.2) is 18.4 Å². The van der Waals surface area contributed by atoms with Gasteiger partial charge in [-0.3, -0.25) is 0 Å². The van der Waals surface area contributed by atoms with E-state index in [9.17, 15) is 8.42 Å². The summed E-state index contributed by atoms with van der Waals surface area (Å²) in [6.45, 7) is 3.38. The zero-order chi connectivity index (χ0) is 25.1. The minimum absolute atomic E-state index is 0.287. The molecule has 3 heterocycles. The summed E-state index contributed by atoms with van der Waals surface area (Å²) >= 11 is 6.30. The van der Waals surface area contributed by atoms with Gasteiger partial charge in [0.25, 0.3) is 0 Å². The number of aromatic nitrogens is 4. The number of sulfone groups is 1. The summed E-state index contributed by atoms with van der Waals surface area (Å²) in [5.41, 5.74) is 3.26. The van der Waals surface area contributed by atoms with E-state index in [1.165, 1.54) is 6.26 Å². The van der Waals surface area contributed by atoms with Gasteiger partial charge in [-0.15, -0.1) is 0 Å². The fourth-order valence-electron chi connectivity index (χ4n) is 4.59. The summed E-state index contributed by atoms with van der Waals surface area (Å²) < 4.78 is 26.0. The van der Waals surface area contributed by atoms with Crippen LogP contribution >= 0.6 is 11.6 Å². The molecule has 10 heteroatoms. The van der Waals surface area contributed by atoms with Crippen molar-refractivity contribution in [2.75, 3.05) is 24.7 Å². The zero-order valence-corrected chi connectivity index (χ0v) is 21.7. The first-order valence-corrected chi connectivity index (χ1v) is 14.4. The molecule has 36 heavy (non-hydrogen) atoms. The number of anilines is 1. The SMILES string of the molecule is CS(=O)(=O)c1ccc(-c2nc3cnc(NCc4ccccc4Cl)nc3n2CCC2CCNCC2)cc1. The minimum Gasteiger partial charge on any atom is -0.350 e. The number of piperidine rings is 1. The van der Waals surface area contributed by atoms with Crippen LogP contribution in [0.4, 0.5) is 5.95 Å². The number of fused-ring (bicyclic) bond motifs is 1. The van der Waals surface area contributed by atoms with Crippen LogP contribution in [0.15, 0.2) is 59.6 Å². The first kappa shape index (κ1) is 24.7. The average molecular weight is 525 g/mol. The van der Waals surface area contributed by atoms with Gasteiger partial charge in [0.15, 0.2) is 15.5 Å². The molecule has 1 saturated heterocycles. The Morgan fingerprint density at radius 1 is 1.08 bits per heavy atom. The van der Waals surface area contributed by atoms with Crippen molar-refractivity contribution in [3.63, 3.8) is 0 Å². The molecule has 1 aliphatic heterocycles. The topological polar surface area (TPSA) is 102 Å². The molecule has 0 saturated carbocycles. The molecule has 0 amide bonds. The molecule has 0 radical (unpaired) electrons. The normalized spacial score (nSPS) is 14.8. The van der Waals surface area contributed by atoms with Crippen LogP contribution in [0.1, 0.15) is 24.8 Å². The molecule has 1 aliphatic rings. The van der Waals surface area contributed by atoms with Gasteiger partial charge in [0, 0.05) is 29.9 Å². The van der Waals surface area contributed by atoms with Crippen LogP contribution in [0.5, 0.6) is 0 Å². The van der Waals surface area contributed by atoms with E-state index in [0.717, 1.165) is 61.5 Å². The lowest BCUT2D eigenvalue weighted by Crippen LogP contribution is -2.28. The van der Waals surface area contributed by atoms with Crippen molar-refractivity contribution in [2.24, 2.45) is 5.92 Å². The molecule has 0 aliphatic carbocycles. The molecule has 2 aromatic heterocycles. The highest BCUT2D eigenvalue weighted by molar-refractivity contribution is 7.90. The second-order valence-corrected chi connectivity index (χ2v) is 11.6. The molecule has 1 fully saturated rings. The number of nitrogens with zero attached hydrogens (tertiary/aromatic N) is 4. The summed E-state index contributed by atoms with van der Waals surface area (Å²) in [5, 5.41) is 7.39. The van der Waals surface area contributed by atoms with Crippen molar-refractivity contribution in [1.82, 2.24) is 24.8 Å². The Labute approximate surface area is 216 Å². The highest BCUT2D eigenvalue weighted by Crippen LogP contribution is 2.28. The highest BCUT2D eigenvalue weighted by Gasteiger charge is 2.19. The van der Waals surface area contributed by atoms with E-state index in [0.29, 0.717) is 29.0 Å². The molecular weight excluding hydrogens is 496 g/mol. The molecule has 0 unspecified atom stereocenters. The van der Waals surface area contributed by atoms with Gasteiger partial charge in [0.2, 0.25) is 5.95 Å². The van der Waals surface area contributed by atoms with Crippen LogP contribution in [0.25, 0.3) is 22.6 Å². The van der Waals surface area contributed by atoms with E-state index >= 15 is 0 Å². The molecular formula is C26H29ClN6O2S. The van der Waals surface area contributed by atoms with Gasteiger partial charge >= 0.3 is 0 Å². The van der Waals surface area contributed by atoms with Gasteiger partial charge in [0.1, 0.15) is 11.3 Å². The highest BCUT2D eigenvalue weighted by atomic mass is 35.5. The summed E-state index contributed by atoms with van der Waals surface area (Å²) in [7, 11) is -3.27. The predicted octanol–water partition coefficient (Wildman–Crippen LogP) is 4.55. The molecule has 2 aromatic carbocycles. The van der Waals surface area contributed by atoms with Gasteiger partial charge < -0.3 is 15.2 Å². The number of benzene rings is 2. The first-order chi connectivity index (χ1) is 17.4. The standard InChI is InChI=1S/C26H29ClN6O2S/c1-36(34,35)21-8-6-19(7-9-21)24-31-23-17-30-26(29-16-20-4-2-3-5-22(20)27)32-25(23)33(24)15-12-18-10-13-28-14-11-18/h2-9,17-18,28H,10-16H2,1H3,(H,29,30,32). The van der Waals surface area contributed by atoms with Crippen LogP contribution < -0.4 is 10.6 Å². The smallest absolute Gasteiger partial charge is 0.225 e. The number of aryl methyl sites for hydroxylation is 1. The molecule has 0 bridgehead atoms. The van der Waals surface area contributed by atoms with E-state index in [1.54, 1.807) is 18.3 Å². The van der Waals surface area contributed by atoms with Gasteiger partial charge in [-0.2, -0.15) is 4.98 Å². The molecule has 0 spiro atoms. The van der Waals surface area contributed by atoms with Gasteiger partial charge in [-0.1, -0.05) is 29.8 Å². The average Bonchev–Trinajstić information content (AvgIpc) is 3.25. The third kappa shape index (κ3) is 5.53. The van der Waals surface area contributed by atoms with Crippen molar-refractivity contribution in [3.8, 4) is 11.4 Å². The number of halogens is 1. The van der Waals surface area contributed by atoms with E-state index < -0.39 is 9.84 Å². The Morgan fingerprint density at radius 3 is 2.56 bits per heavy atom. The quantitative estimate of drug-likeness (QED) is 0.348. The lowest BCUT2D eigenvalue weighted by molar-refractivity contribution is 0.339. The van der Waals surface area contributed by atoms with Crippen LogP contribution in [-0.2, 0) is 22.9 Å². The minimum atomic E-state index is -3.27. The van der Waals surface area contributed by atoms with Crippen molar-refractivity contribution in [3.05, 3.63) is 65.3 Å². The van der Waals surface area contributed by atoms with Crippen molar-refractivity contribution in [2.45, 2.75) is 37.2 Å². The fraction of sp³-hybridized carbons (Fsp3) is 0.346. The Bertz CT molecular complexity index is 1460. The summed E-state index contributed by atoms with van der Waals surface area (Å²) in [6, 6.07) is 14.6. The Balaban J connectivity index is 1.48. The third-order valence-electron chi connectivity index (χ3n) is 6.64. The lowest BCUT2D eigenvalue weighted by Gasteiger charge is -2.23. The van der Waals surface area contributed by atoms with Crippen LogP contribution in [0.2, 0.25) is 5.02 Å². The Kier molecular flexibility index (Phi) is 7.22. The summed E-state index contributed by atoms with van der Waals surface area (Å²) in [6.07, 6.45) is 6.28. The predicted molar refractivity (Wildman–Crippen MR) is 143 cm³/mol. The van der Waals surface area contributed by atoms with Gasteiger partial charge in [-0.05, 0) is 74.2 Å². The van der Waals surface area contributed by atoms with Crippen LogP contribution in [-0.4, -0.2) is 47.3 Å². The van der Waals surface area contributed by atoms with Crippen molar-refractivity contribution in [1.29, 1.82) is 0 Å². The lowest BCUT2D eigenvalue weighted by atomic mass is 9.95. The summed E-state index contributed by atoms with van der Waals surface area (Å²) in [4.78, 5) is 14.4. The number of hydrogen-bond donors (Lipinski definition) is 2. The van der Waals surface area contributed by atoms with Crippen LogP contribution in [0.3, 0.4) is 0 Å². The number of rotatable bonds is 8. The zero-order valence-electron chi connectivity index (χ0n) is 20.1. The van der Waals surface area contributed by atoms with Crippen molar-refractivity contribution >= 4 is 38.6 Å². The van der Waals surface area contributed by atoms with E-state index in [4.69, 9.17) is 21.6 Å². The second kappa shape index (κ2) is 10.5. The van der Waals surface area contributed by atoms with Crippen molar-refractivity contribution < 1.29 is 8.42 Å². The molecule has 4 aromatic rings. The molecule has 2 N–H and O–H groups in total. The van der Waals surface area contributed by atoms with E-state index in [2.05, 4.69) is 20.2 Å². The second-order valence-electron chi connectivity index (χ2n) is 9.21. The first-order valence-electron chi connectivity index (χ1n) is 12.1. The Hall–Kier alpha value is -3.01. The fourth-order valence-corrected chi connectivity index (χ4v) is 5.42. The molecule has 5 rings (SSSR count). The largest absolute Gasteiger partial charge is 0.350 e. The monoisotopic (exact) mass is 524 g/mol. The van der Waals surface area contributed by atoms with E-state index in [-0.39, 0.29) is 4.90 Å². The third-order valence-corrected chi connectivity index (χ3v) is 8.14. The van der Waals surface area contributed by atoms with Crippen LogP contribution in [0, 0.1) is 5.92 Å². The molecule has 8 nitrogen and oxygen atoms in total. The number of hydrogen-bond acceptors (Lipinski definition) is 7. The maximum absolute atomic E-state index is 11.9. The van der Waals surface area contributed by atoms with E-state index in [1.807, 2.05) is 36.4 Å². The summed E-state index contributed by atoms with van der Waals surface area (Å²) in [5.74, 6) is 1.91. The number of imidazole rings is 1.